The van der Waals surface area contributed by atoms with Gasteiger partial charge in [-0.2, -0.15) is 0 Å². The minimum Gasteiger partial charge on any atom is -0.379 e. The van der Waals surface area contributed by atoms with Crippen LogP contribution in [0.3, 0.4) is 0 Å². The van der Waals surface area contributed by atoms with Gasteiger partial charge in [0.25, 0.3) is 0 Å². The van der Waals surface area contributed by atoms with Crippen LogP contribution in [0.5, 0.6) is 0 Å². The lowest BCUT2D eigenvalue weighted by atomic mass is 9.88. The number of amides is 2. The molecule has 0 aromatic heterocycles. The highest BCUT2D eigenvalue weighted by Gasteiger charge is 2.35. The minimum atomic E-state index is -0.437. The van der Waals surface area contributed by atoms with Gasteiger partial charge in [-0.05, 0) is 36.1 Å². The number of benzene rings is 1. The highest BCUT2D eigenvalue weighted by atomic mass is 19.1. The number of carbonyl (C=O) groups excluding carboxylic acids is 1. The third kappa shape index (κ3) is 3.53. The van der Waals surface area contributed by atoms with E-state index in [0.717, 1.165) is 50.3 Å². The van der Waals surface area contributed by atoms with Gasteiger partial charge in [0.1, 0.15) is 5.82 Å². The fourth-order valence-corrected chi connectivity index (χ4v) is 3.86. The molecule has 2 aliphatic rings. The molecule has 0 aliphatic carbocycles. The number of nitrogens with zero attached hydrogens (tertiary/aromatic N) is 2. The van der Waals surface area contributed by atoms with Gasteiger partial charge < -0.3 is 21.1 Å². The van der Waals surface area contributed by atoms with Gasteiger partial charge in [-0.1, -0.05) is 6.07 Å². The fraction of sp³-hybridized carbons (Fsp3) is 0.588. The lowest BCUT2D eigenvalue weighted by Crippen LogP contribution is -2.52. The molecule has 2 amide bonds. The summed E-state index contributed by atoms with van der Waals surface area (Å²) in [7, 11) is 0. The van der Waals surface area contributed by atoms with Crippen molar-refractivity contribution in [3.8, 4) is 0 Å². The highest BCUT2D eigenvalue weighted by molar-refractivity contribution is 5.73. The SMILES string of the molecule is NCc1cc(F)ccc1C1CC(N2CCOCC2)CCN1C(N)=O. The van der Waals surface area contributed by atoms with Gasteiger partial charge >= 0.3 is 6.03 Å². The molecule has 2 atom stereocenters. The van der Waals surface area contributed by atoms with Crippen molar-refractivity contribution in [2.45, 2.75) is 31.5 Å². The van der Waals surface area contributed by atoms with E-state index >= 15 is 0 Å². The number of hydrogen-bond donors (Lipinski definition) is 2. The van der Waals surface area contributed by atoms with Crippen molar-refractivity contribution in [2.24, 2.45) is 11.5 Å². The van der Waals surface area contributed by atoms with E-state index in [4.69, 9.17) is 16.2 Å². The Morgan fingerprint density at radius 1 is 1.29 bits per heavy atom. The molecule has 3 rings (SSSR count). The van der Waals surface area contributed by atoms with Crippen molar-refractivity contribution in [2.75, 3.05) is 32.8 Å². The van der Waals surface area contributed by atoms with Crippen LogP contribution < -0.4 is 11.5 Å². The Bertz CT molecular complexity index is 592. The standard InChI is InChI=1S/C17H25FN4O2/c18-13-1-2-15(12(9-13)11-19)16-10-14(3-4-22(16)17(20)23)21-5-7-24-8-6-21/h1-2,9,14,16H,3-8,10-11,19H2,(H2,20,23). The number of likely N-dealkylation sites (tertiary alicyclic amines) is 1. The second-order valence-corrected chi connectivity index (χ2v) is 6.42. The highest BCUT2D eigenvalue weighted by Crippen LogP contribution is 2.35. The van der Waals surface area contributed by atoms with Gasteiger partial charge in [0.2, 0.25) is 0 Å². The normalized spacial score (nSPS) is 25.7. The van der Waals surface area contributed by atoms with Crippen LogP contribution in [0.15, 0.2) is 18.2 Å². The molecular formula is C17H25FN4O2. The number of piperidine rings is 1. The summed E-state index contributed by atoms with van der Waals surface area (Å²) in [6, 6.07) is 4.37. The quantitative estimate of drug-likeness (QED) is 0.869. The van der Waals surface area contributed by atoms with Crippen molar-refractivity contribution >= 4 is 6.03 Å². The zero-order valence-electron chi connectivity index (χ0n) is 13.8. The van der Waals surface area contributed by atoms with Crippen molar-refractivity contribution in [1.82, 2.24) is 9.80 Å². The topological polar surface area (TPSA) is 84.8 Å². The Labute approximate surface area is 141 Å². The number of rotatable bonds is 3. The summed E-state index contributed by atoms with van der Waals surface area (Å²) in [6.07, 6.45) is 1.67. The summed E-state index contributed by atoms with van der Waals surface area (Å²) in [4.78, 5) is 16.0. The molecule has 0 bridgehead atoms. The molecule has 0 spiro atoms. The molecule has 2 unspecified atom stereocenters. The first-order valence-corrected chi connectivity index (χ1v) is 8.46. The second-order valence-electron chi connectivity index (χ2n) is 6.42. The number of primary amides is 1. The molecule has 2 fully saturated rings. The van der Waals surface area contributed by atoms with Gasteiger partial charge in [0.15, 0.2) is 0 Å². The number of ether oxygens (including phenoxy) is 1. The van der Waals surface area contributed by atoms with Crippen LogP contribution in [0.2, 0.25) is 0 Å². The van der Waals surface area contributed by atoms with Crippen molar-refractivity contribution in [3.05, 3.63) is 35.1 Å². The molecule has 0 saturated carbocycles. The molecule has 2 aliphatic heterocycles. The summed E-state index contributed by atoms with van der Waals surface area (Å²) in [5.41, 5.74) is 13.0. The predicted molar refractivity (Wildman–Crippen MR) is 88.7 cm³/mol. The summed E-state index contributed by atoms with van der Waals surface area (Å²) < 4.78 is 19.0. The molecule has 132 valence electrons. The van der Waals surface area contributed by atoms with Gasteiger partial charge in [-0.25, -0.2) is 9.18 Å². The van der Waals surface area contributed by atoms with Gasteiger partial charge in [-0.3, -0.25) is 4.90 Å². The molecule has 1 aromatic rings. The molecule has 0 radical (unpaired) electrons. The lowest BCUT2D eigenvalue weighted by molar-refractivity contribution is -0.00445. The molecule has 2 saturated heterocycles. The molecule has 24 heavy (non-hydrogen) atoms. The molecule has 4 N–H and O–H groups in total. The molecule has 7 heteroatoms. The first-order valence-electron chi connectivity index (χ1n) is 8.46. The monoisotopic (exact) mass is 336 g/mol. The maximum absolute atomic E-state index is 13.5. The Hall–Kier alpha value is -1.70. The lowest BCUT2D eigenvalue weighted by Gasteiger charge is -2.44. The van der Waals surface area contributed by atoms with Crippen molar-refractivity contribution in [1.29, 1.82) is 0 Å². The van der Waals surface area contributed by atoms with E-state index < -0.39 is 6.03 Å². The summed E-state index contributed by atoms with van der Waals surface area (Å²) in [6.45, 7) is 4.13. The maximum Gasteiger partial charge on any atom is 0.315 e. The van der Waals surface area contributed by atoms with E-state index in [1.807, 2.05) is 0 Å². The Balaban J connectivity index is 1.86. The molecule has 6 nitrogen and oxygen atoms in total. The first kappa shape index (κ1) is 17.1. The van der Waals surface area contributed by atoms with Crippen LogP contribution in [0, 0.1) is 5.82 Å². The van der Waals surface area contributed by atoms with E-state index in [1.165, 1.54) is 12.1 Å². The number of morpholine rings is 1. The average molecular weight is 336 g/mol. The number of carbonyl (C=O) groups is 1. The van der Waals surface area contributed by atoms with E-state index in [2.05, 4.69) is 4.90 Å². The largest absolute Gasteiger partial charge is 0.379 e. The van der Waals surface area contributed by atoms with E-state index in [1.54, 1.807) is 11.0 Å². The number of urea groups is 1. The van der Waals surface area contributed by atoms with Crippen LogP contribution >= 0.6 is 0 Å². The summed E-state index contributed by atoms with van der Waals surface area (Å²) in [5.74, 6) is -0.314. The minimum absolute atomic E-state index is 0.164. The van der Waals surface area contributed by atoms with Gasteiger partial charge in [-0.15, -0.1) is 0 Å². The Morgan fingerprint density at radius 2 is 2.04 bits per heavy atom. The molecule has 2 heterocycles. The van der Waals surface area contributed by atoms with Crippen LogP contribution in [0.4, 0.5) is 9.18 Å². The van der Waals surface area contributed by atoms with Crippen molar-refractivity contribution < 1.29 is 13.9 Å². The Kier molecular flexibility index (Phi) is 5.33. The molecular weight excluding hydrogens is 311 g/mol. The van der Waals surface area contributed by atoms with E-state index in [9.17, 15) is 9.18 Å². The summed E-state index contributed by atoms with van der Waals surface area (Å²) >= 11 is 0. The average Bonchev–Trinajstić information content (AvgIpc) is 2.61. The third-order valence-corrected chi connectivity index (χ3v) is 5.10. The smallest absolute Gasteiger partial charge is 0.315 e. The van der Waals surface area contributed by atoms with Crippen LogP contribution in [0.25, 0.3) is 0 Å². The van der Waals surface area contributed by atoms with Crippen molar-refractivity contribution in [3.63, 3.8) is 0 Å². The zero-order chi connectivity index (χ0) is 17.1. The van der Waals surface area contributed by atoms with E-state index in [-0.39, 0.29) is 18.4 Å². The van der Waals surface area contributed by atoms with Gasteiger partial charge in [0, 0.05) is 32.2 Å². The Morgan fingerprint density at radius 3 is 2.71 bits per heavy atom. The zero-order valence-corrected chi connectivity index (χ0v) is 13.8. The molecule has 1 aromatic carbocycles. The second kappa shape index (κ2) is 7.46. The first-order chi connectivity index (χ1) is 11.6. The van der Waals surface area contributed by atoms with E-state index in [0.29, 0.717) is 12.6 Å². The van der Waals surface area contributed by atoms with Gasteiger partial charge in [0.05, 0.1) is 19.3 Å². The third-order valence-electron chi connectivity index (χ3n) is 5.10. The number of nitrogens with two attached hydrogens (primary N) is 2. The summed E-state index contributed by atoms with van der Waals surface area (Å²) in [5, 5.41) is 0. The maximum atomic E-state index is 13.5. The fourth-order valence-electron chi connectivity index (χ4n) is 3.86. The predicted octanol–water partition coefficient (Wildman–Crippen LogP) is 1.20. The number of halogens is 1. The van der Waals surface area contributed by atoms with Crippen LogP contribution in [0.1, 0.15) is 30.0 Å². The number of hydrogen-bond acceptors (Lipinski definition) is 4. The van der Waals surface area contributed by atoms with Crippen LogP contribution in [-0.2, 0) is 11.3 Å². The van der Waals surface area contributed by atoms with Crippen LogP contribution in [-0.4, -0.2) is 54.7 Å².